The first-order valence-corrected chi connectivity index (χ1v) is 6.38. The maximum atomic E-state index is 11.4. The lowest BCUT2D eigenvalue weighted by atomic mass is 10.1. The Morgan fingerprint density at radius 2 is 1.77 bits per heavy atom. The molecule has 2 aromatic rings. The minimum absolute atomic E-state index is 0.0442. The molecule has 0 fully saturated rings. The fourth-order valence-electron chi connectivity index (χ4n) is 1.98. The Hall–Kier alpha value is -3.22. The number of primary amides is 1. The number of amidine groups is 1. The average Bonchev–Trinajstić information content (AvgIpc) is 2.48. The van der Waals surface area contributed by atoms with Gasteiger partial charge in [-0.15, -0.1) is 0 Å². The molecule has 7 nitrogen and oxygen atoms in total. The van der Waals surface area contributed by atoms with Crippen molar-refractivity contribution in [1.29, 1.82) is 0 Å². The fraction of sp³-hybridized carbons (Fsp3) is 0.0667. The number of nitro groups is 1. The van der Waals surface area contributed by atoms with Crippen LogP contribution in [0.3, 0.4) is 0 Å². The zero-order chi connectivity index (χ0) is 16.3. The molecule has 0 bridgehead atoms. The van der Waals surface area contributed by atoms with Crippen molar-refractivity contribution in [2.45, 2.75) is 6.92 Å². The minimum Gasteiger partial charge on any atom is -0.383 e. The van der Waals surface area contributed by atoms with Crippen LogP contribution in [0.15, 0.2) is 47.5 Å². The molecular weight excluding hydrogens is 284 g/mol. The highest BCUT2D eigenvalue weighted by Crippen LogP contribution is 2.24. The molecule has 0 aliphatic heterocycles. The number of hydrogen-bond acceptors (Lipinski definition) is 4. The largest absolute Gasteiger partial charge is 0.383 e. The van der Waals surface area contributed by atoms with E-state index in [4.69, 9.17) is 11.5 Å². The van der Waals surface area contributed by atoms with Crippen LogP contribution in [0.2, 0.25) is 0 Å². The van der Waals surface area contributed by atoms with Gasteiger partial charge in [0, 0.05) is 17.2 Å². The Bertz CT molecular complexity index is 784. The number of benzene rings is 2. The number of carbonyl (C=O) groups is 1. The Labute approximate surface area is 126 Å². The minimum atomic E-state index is -0.622. The van der Waals surface area contributed by atoms with Gasteiger partial charge in [0.15, 0.2) is 0 Å². The van der Waals surface area contributed by atoms with Crippen molar-refractivity contribution in [2.24, 2.45) is 16.5 Å². The fourth-order valence-corrected chi connectivity index (χ4v) is 1.98. The topological polar surface area (TPSA) is 125 Å². The Morgan fingerprint density at radius 1 is 1.14 bits per heavy atom. The van der Waals surface area contributed by atoms with Crippen molar-refractivity contribution in [3.63, 3.8) is 0 Å². The summed E-state index contributed by atoms with van der Waals surface area (Å²) >= 11 is 0. The third-order valence-corrected chi connectivity index (χ3v) is 3.11. The molecule has 0 aliphatic rings. The lowest BCUT2D eigenvalue weighted by Gasteiger charge is -2.06. The number of rotatable bonds is 4. The molecule has 0 saturated heterocycles. The number of hydrogen-bond donors (Lipinski definition) is 2. The molecule has 0 spiro atoms. The molecule has 2 rings (SSSR count). The number of amides is 1. The smallest absolute Gasteiger partial charge is 0.274 e. The molecule has 1 amide bonds. The molecule has 4 N–H and O–H groups in total. The summed E-state index contributed by atoms with van der Waals surface area (Å²) < 4.78 is 0. The van der Waals surface area contributed by atoms with Gasteiger partial charge >= 0.3 is 0 Å². The van der Waals surface area contributed by atoms with Crippen LogP contribution in [0.5, 0.6) is 0 Å². The van der Waals surface area contributed by atoms with E-state index in [1.807, 2.05) is 0 Å². The summed E-state index contributed by atoms with van der Waals surface area (Å²) in [5.41, 5.74) is 12.6. The molecule has 0 saturated carbocycles. The van der Waals surface area contributed by atoms with Crippen molar-refractivity contribution in [1.82, 2.24) is 0 Å². The van der Waals surface area contributed by atoms with Gasteiger partial charge in [-0.1, -0.05) is 24.3 Å². The monoisotopic (exact) mass is 298 g/mol. The van der Waals surface area contributed by atoms with E-state index in [9.17, 15) is 14.9 Å². The summed E-state index contributed by atoms with van der Waals surface area (Å²) in [6.45, 7) is 1.64. The number of nitro benzene ring substituents is 1. The van der Waals surface area contributed by atoms with Crippen LogP contribution in [0, 0.1) is 17.0 Å². The molecule has 0 aliphatic carbocycles. The van der Waals surface area contributed by atoms with Gasteiger partial charge in [-0.05, 0) is 19.1 Å². The van der Waals surface area contributed by atoms with Gasteiger partial charge in [-0.2, -0.15) is 0 Å². The summed E-state index contributed by atoms with van der Waals surface area (Å²) in [6, 6.07) is 11.0. The average molecular weight is 298 g/mol. The van der Waals surface area contributed by atoms with E-state index in [2.05, 4.69) is 4.99 Å². The molecule has 0 aromatic heterocycles. The van der Waals surface area contributed by atoms with Gasteiger partial charge in [-0.3, -0.25) is 14.9 Å². The van der Waals surface area contributed by atoms with Crippen LogP contribution in [0.1, 0.15) is 21.5 Å². The molecule has 22 heavy (non-hydrogen) atoms. The third-order valence-electron chi connectivity index (χ3n) is 3.11. The molecule has 2 aromatic carbocycles. The second-order valence-corrected chi connectivity index (χ2v) is 4.63. The summed E-state index contributed by atoms with van der Waals surface area (Å²) in [5, 5.41) is 10.9. The lowest BCUT2D eigenvalue weighted by molar-refractivity contribution is -0.385. The summed E-state index contributed by atoms with van der Waals surface area (Å²) in [5.74, 6) is -0.559. The van der Waals surface area contributed by atoms with Gasteiger partial charge in [-0.25, -0.2) is 4.99 Å². The van der Waals surface area contributed by atoms with E-state index in [1.54, 1.807) is 37.3 Å². The van der Waals surface area contributed by atoms with Crippen LogP contribution in [-0.2, 0) is 0 Å². The van der Waals surface area contributed by atoms with E-state index < -0.39 is 10.8 Å². The standard InChI is InChI=1S/C15H14N4O3/c1-9-6-7-10(8-13(9)19(21)22)18-14(16)11-4-2-3-5-12(11)15(17)20/h2-8H,1H3,(H2,16,18)(H2,17,20). The Balaban J connectivity index is 2.48. The van der Waals surface area contributed by atoms with Crippen molar-refractivity contribution in [3.05, 3.63) is 69.3 Å². The van der Waals surface area contributed by atoms with E-state index >= 15 is 0 Å². The first kappa shape index (κ1) is 15.2. The number of nitrogens with two attached hydrogens (primary N) is 2. The highest BCUT2D eigenvalue weighted by Gasteiger charge is 2.13. The van der Waals surface area contributed by atoms with Gasteiger partial charge in [0.2, 0.25) is 5.91 Å². The van der Waals surface area contributed by atoms with Gasteiger partial charge < -0.3 is 11.5 Å². The maximum absolute atomic E-state index is 11.4. The van der Waals surface area contributed by atoms with Crippen LogP contribution in [0.4, 0.5) is 11.4 Å². The second kappa shape index (κ2) is 6.04. The first-order chi connectivity index (χ1) is 10.4. The highest BCUT2D eigenvalue weighted by atomic mass is 16.6. The highest BCUT2D eigenvalue weighted by molar-refractivity contribution is 6.09. The van der Waals surface area contributed by atoms with E-state index in [-0.39, 0.29) is 17.1 Å². The summed E-state index contributed by atoms with van der Waals surface area (Å²) in [7, 11) is 0. The van der Waals surface area contributed by atoms with Gasteiger partial charge in [0.1, 0.15) is 5.84 Å². The van der Waals surface area contributed by atoms with Crippen LogP contribution in [0.25, 0.3) is 0 Å². The Kier molecular flexibility index (Phi) is 4.17. The van der Waals surface area contributed by atoms with Crippen molar-refractivity contribution >= 4 is 23.1 Å². The van der Waals surface area contributed by atoms with E-state index in [0.717, 1.165) is 0 Å². The molecule has 112 valence electrons. The molecule has 7 heteroatoms. The van der Waals surface area contributed by atoms with Crippen LogP contribution < -0.4 is 11.5 Å². The predicted molar refractivity (Wildman–Crippen MR) is 83.2 cm³/mol. The maximum Gasteiger partial charge on any atom is 0.274 e. The predicted octanol–water partition coefficient (Wildman–Crippen LogP) is 2.04. The van der Waals surface area contributed by atoms with Crippen LogP contribution in [-0.4, -0.2) is 16.7 Å². The molecule has 0 atom stereocenters. The summed E-state index contributed by atoms with van der Waals surface area (Å²) in [6.07, 6.45) is 0. The van der Waals surface area contributed by atoms with Crippen LogP contribution >= 0.6 is 0 Å². The van der Waals surface area contributed by atoms with Gasteiger partial charge in [0.25, 0.3) is 5.69 Å². The molecule has 0 unspecified atom stereocenters. The number of nitrogens with zero attached hydrogens (tertiary/aromatic N) is 2. The second-order valence-electron chi connectivity index (χ2n) is 4.63. The van der Waals surface area contributed by atoms with E-state index in [0.29, 0.717) is 16.8 Å². The number of carbonyl (C=O) groups excluding carboxylic acids is 1. The lowest BCUT2D eigenvalue weighted by Crippen LogP contribution is -2.21. The SMILES string of the molecule is Cc1ccc(N=C(N)c2ccccc2C(N)=O)cc1[N+](=O)[O-]. The van der Waals surface area contributed by atoms with Crippen molar-refractivity contribution in [2.75, 3.05) is 0 Å². The Morgan fingerprint density at radius 3 is 2.36 bits per heavy atom. The molecular formula is C15H14N4O3. The zero-order valence-electron chi connectivity index (χ0n) is 11.8. The zero-order valence-corrected chi connectivity index (χ0v) is 11.8. The third kappa shape index (κ3) is 3.09. The first-order valence-electron chi connectivity index (χ1n) is 6.38. The number of aliphatic imine (C=N–C) groups is 1. The van der Waals surface area contributed by atoms with Gasteiger partial charge in [0.05, 0.1) is 16.2 Å². The van der Waals surface area contributed by atoms with E-state index in [1.165, 1.54) is 12.1 Å². The summed E-state index contributed by atoms with van der Waals surface area (Å²) in [4.78, 5) is 26.0. The number of aryl methyl sites for hydroxylation is 1. The van der Waals surface area contributed by atoms with Crippen molar-refractivity contribution < 1.29 is 9.72 Å². The molecule has 0 heterocycles. The normalized spacial score (nSPS) is 11.2. The quantitative estimate of drug-likeness (QED) is 0.387. The molecule has 0 radical (unpaired) electrons. The van der Waals surface area contributed by atoms with Crippen molar-refractivity contribution in [3.8, 4) is 0 Å².